The molecule has 33 heavy (non-hydrogen) atoms. The zero-order chi connectivity index (χ0) is 24.8. The van der Waals surface area contributed by atoms with Gasteiger partial charge >= 0.3 is 23.5 Å². The summed E-state index contributed by atoms with van der Waals surface area (Å²) in [5.74, 6) is -0.143. The van der Waals surface area contributed by atoms with Crippen LogP contribution in [0.25, 0.3) is 11.0 Å². The summed E-state index contributed by atoms with van der Waals surface area (Å²) in [5, 5.41) is 10.3. The predicted molar refractivity (Wildman–Crippen MR) is 112 cm³/mol. The van der Waals surface area contributed by atoms with Crippen molar-refractivity contribution in [1.82, 2.24) is 13.9 Å². The number of hydrogen-bond acceptors (Lipinski definition) is 12. The Morgan fingerprint density at radius 3 is 2.55 bits per heavy atom. The molecule has 0 bridgehead atoms. The van der Waals surface area contributed by atoms with Crippen LogP contribution in [-0.2, 0) is 31.6 Å². The summed E-state index contributed by atoms with van der Waals surface area (Å²) in [6, 6.07) is 0. The summed E-state index contributed by atoms with van der Waals surface area (Å²) >= 11 is 1.19. The molecule has 3 unspecified atom stereocenters. The average Bonchev–Trinajstić information content (AvgIpc) is 3.17. The van der Waals surface area contributed by atoms with E-state index in [0.29, 0.717) is 5.56 Å². The van der Waals surface area contributed by atoms with Gasteiger partial charge in [-0.2, -0.15) is 8.62 Å². The van der Waals surface area contributed by atoms with Crippen molar-refractivity contribution in [3.8, 4) is 0 Å². The number of aliphatic hydroxyl groups is 1. The van der Waals surface area contributed by atoms with E-state index in [1.807, 2.05) is 0 Å². The minimum atomic E-state index is -5.67. The summed E-state index contributed by atoms with van der Waals surface area (Å²) < 4.78 is 52.8. The zero-order valence-electron chi connectivity index (χ0n) is 16.4. The van der Waals surface area contributed by atoms with Gasteiger partial charge in [0, 0.05) is 24.4 Å². The molecule has 21 heteroatoms. The molecule has 0 aliphatic carbocycles. The number of fused-ring (bicyclic) bond motifs is 1. The third-order valence-electron chi connectivity index (χ3n) is 4.25. The highest BCUT2D eigenvalue weighted by Crippen LogP contribution is 2.66. The highest BCUT2D eigenvalue weighted by molar-refractivity contribution is 7.97. The average molecular weight is 552 g/mol. The van der Waals surface area contributed by atoms with E-state index in [4.69, 9.17) is 25.2 Å². The molecule has 1 saturated heterocycles. The molecule has 2 aromatic rings. The standard InChI is InChI=1S/C12H19N4O13P3S/c1-33-16-3-5(9-10(16)11(18)15-12(13)14-9)7-2-6(17)8(27-7)4-26-31(22,23)29-32(24,25)28-30(19,20)21/h3,6-8,17H,2,4H2,1H3,(H,22,23)(H,24,25)(H2,19,20,21)(H3,13,14,15,18)/t6?,7-,8-/m1/s1. The lowest BCUT2D eigenvalue weighted by Crippen LogP contribution is -2.26. The van der Waals surface area contributed by atoms with Crippen molar-refractivity contribution < 1.29 is 56.3 Å². The number of anilines is 1. The first-order valence-electron chi connectivity index (χ1n) is 8.68. The molecule has 0 spiro atoms. The van der Waals surface area contributed by atoms with Gasteiger partial charge in [0.1, 0.15) is 17.1 Å². The molecule has 5 atom stereocenters. The Morgan fingerprint density at radius 1 is 1.27 bits per heavy atom. The molecule has 3 rings (SSSR count). The Balaban J connectivity index is 1.73. The van der Waals surface area contributed by atoms with Crippen molar-refractivity contribution in [2.45, 2.75) is 24.7 Å². The highest BCUT2D eigenvalue weighted by Gasteiger charge is 2.43. The quantitative estimate of drug-likeness (QED) is 0.201. The Labute approximate surface area is 188 Å². The van der Waals surface area contributed by atoms with Crippen LogP contribution in [0.2, 0.25) is 0 Å². The van der Waals surface area contributed by atoms with Crippen LogP contribution in [0.3, 0.4) is 0 Å². The monoisotopic (exact) mass is 552 g/mol. The van der Waals surface area contributed by atoms with Crippen LogP contribution in [0.1, 0.15) is 18.1 Å². The fourth-order valence-electron chi connectivity index (χ4n) is 3.07. The predicted octanol–water partition coefficient (Wildman–Crippen LogP) is -0.0329. The molecule has 1 fully saturated rings. The number of aliphatic hydroxyl groups excluding tert-OH is 1. The Bertz CT molecular complexity index is 1240. The Hall–Kier alpha value is -1.10. The number of phosphoric ester groups is 1. The number of nitrogens with zero attached hydrogens (tertiary/aromatic N) is 2. The Kier molecular flexibility index (Phi) is 7.64. The fourth-order valence-corrected chi connectivity index (χ4v) is 6.67. The van der Waals surface area contributed by atoms with E-state index in [1.54, 1.807) is 12.5 Å². The van der Waals surface area contributed by atoms with Crippen molar-refractivity contribution >= 4 is 52.4 Å². The highest BCUT2D eigenvalue weighted by atomic mass is 32.2. The maximum absolute atomic E-state index is 12.3. The van der Waals surface area contributed by atoms with Gasteiger partial charge in [-0.1, -0.05) is 0 Å². The van der Waals surface area contributed by atoms with Gasteiger partial charge in [0.05, 0.1) is 18.8 Å². The van der Waals surface area contributed by atoms with Gasteiger partial charge in [0.25, 0.3) is 5.56 Å². The molecule has 17 nitrogen and oxygen atoms in total. The number of phosphoric acid groups is 3. The van der Waals surface area contributed by atoms with E-state index >= 15 is 0 Å². The van der Waals surface area contributed by atoms with E-state index in [9.17, 15) is 28.5 Å². The Morgan fingerprint density at radius 2 is 1.94 bits per heavy atom. The van der Waals surface area contributed by atoms with E-state index < -0.39 is 53.9 Å². The molecule has 0 amide bonds. The first-order chi connectivity index (χ1) is 15.1. The molecule has 186 valence electrons. The van der Waals surface area contributed by atoms with E-state index in [2.05, 4.69) is 23.1 Å². The maximum atomic E-state index is 12.3. The molecule has 0 radical (unpaired) electrons. The molecule has 1 aliphatic heterocycles. The number of nitrogens with one attached hydrogen (secondary N) is 1. The second-order valence-electron chi connectivity index (χ2n) is 6.59. The van der Waals surface area contributed by atoms with Gasteiger partial charge in [0.15, 0.2) is 0 Å². The number of ether oxygens (including phenoxy) is 1. The fraction of sp³-hybridized carbons (Fsp3) is 0.500. The first kappa shape index (κ1) is 26.5. The minimum Gasteiger partial charge on any atom is -0.390 e. The van der Waals surface area contributed by atoms with Gasteiger partial charge in [0.2, 0.25) is 5.95 Å². The maximum Gasteiger partial charge on any atom is 0.490 e. The van der Waals surface area contributed by atoms with Crippen molar-refractivity contribution in [3.05, 3.63) is 22.1 Å². The van der Waals surface area contributed by atoms with Gasteiger partial charge in [-0.05, 0) is 11.9 Å². The lowest BCUT2D eigenvalue weighted by atomic mass is 10.1. The first-order valence-corrected chi connectivity index (χ1v) is 14.4. The number of nitrogens with two attached hydrogens (primary N) is 1. The molecule has 1 aliphatic rings. The number of aromatic nitrogens is 3. The summed E-state index contributed by atoms with van der Waals surface area (Å²) in [5.41, 5.74) is 5.93. The molecular formula is C12H19N4O13P3S. The van der Waals surface area contributed by atoms with Crippen LogP contribution in [0.4, 0.5) is 5.95 Å². The molecule has 0 aromatic carbocycles. The van der Waals surface area contributed by atoms with Crippen molar-refractivity contribution in [2.24, 2.45) is 0 Å². The van der Waals surface area contributed by atoms with Crippen molar-refractivity contribution in [1.29, 1.82) is 0 Å². The molecule has 2 aromatic heterocycles. The number of H-pyrrole nitrogens is 1. The van der Waals surface area contributed by atoms with Gasteiger partial charge in [-0.3, -0.25) is 18.3 Å². The minimum absolute atomic E-state index is 0.0354. The molecular weight excluding hydrogens is 533 g/mol. The van der Waals surface area contributed by atoms with Crippen molar-refractivity contribution in [2.75, 3.05) is 18.6 Å². The van der Waals surface area contributed by atoms with Crippen molar-refractivity contribution in [3.63, 3.8) is 0 Å². The second kappa shape index (κ2) is 9.51. The van der Waals surface area contributed by atoms with Crippen LogP contribution in [0.15, 0.2) is 11.0 Å². The largest absolute Gasteiger partial charge is 0.490 e. The number of hydrogen-bond donors (Lipinski definition) is 7. The smallest absolute Gasteiger partial charge is 0.390 e. The van der Waals surface area contributed by atoms with Crippen LogP contribution >= 0.6 is 35.4 Å². The number of aromatic amines is 1. The molecule has 0 saturated carbocycles. The number of rotatable bonds is 9. The lowest BCUT2D eigenvalue weighted by molar-refractivity contribution is -0.0217. The number of nitrogen functional groups attached to an aromatic ring is 1. The van der Waals surface area contributed by atoms with Gasteiger partial charge in [-0.25, -0.2) is 18.7 Å². The van der Waals surface area contributed by atoms with Crippen LogP contribution in [-0.4, -0.2) is 63.7 Å². The lowest BCUT2D eigenvalue weighted by Gasteiger charge is -2.19. The summed E-state index contributed by atoms with van der Waals surface area (Å²) in [6.07, 6.45) is -0.0828. The summed E-state index contributed by atoms with van der Waals surface area (Å²) in [7, 11) is -16.6. The summed E-state index contributed by atoms with van der Waals surface area (Å²) in [6.45, 7) is -0.821. The second-order valence-corrected chi connectivity index (χ2v) is 11.8. The molecule has 8 N–H and O–H groups in total. The van der Waals surface area contributed by atoms with E-state index in [-0.39, 0.29) is 23.4 Å². The zero-order valence-corrected chi connectivity index (χ0v) is 19.9. The topological polar surface area (TPSA) is 266 Å². The van der Waals surface area contributed by atoms with E-state index in [1.165, 1.54) is 15.9 Å². The third-order valence-corrected chi connectivity index (χ3v) is 8.73. The van der Waals surface area contributed by atoms with E-state index in [0.717, 1.165) is 0 Å². The van der Waals surface area contributed by atoms with Crippen LogP contribution in [0.5, 0.6) is 0 Å². The SMILES string of the molecule is CSn1cc([C@H]2CC(O)[C@@H](COP(=O)(O)OP(=O)(O)OP(=O)(O)O)O2)c2nc(N)[nH]c(=O)c21. The summed E-state index contributed by atoms with van der Waals surface area (Å²) in [4.78, 5) is 54.5. The normalized spacial score (nSPS) is 25.2. The molecule has 3 heterocycles. The van der Waals surface area contributed by atoms with Crippen LogP contribution < -0.4 is 11.3 Å². The third kappa shape index (κ3) is 6.52. The van der Waals surface area contributed by atoms with Crippen LogP contribution in [0, 0.1) is 0 Å². The van der Waals surface area contributed by atoms with Gasteiger partial charge in [-0.15, -0.1) is 0 Å². The van der Waals surface area contributed by atoms with Gasteiger partial charge < -0.3 is 35.2 Å².